The molecule has 0 radical (unpaired) electrons. The van der Waals surface area contributed by atoms with Crippen molar-refractivity contribution in [2.75, 3.05) is 26.7 Å². The zero-order valence-electron chi connectivity index (χ0n) is 14.6. The fourth-order valence-corrected chi connectivity index (χ4v) is 5.29. The molecule has 1 saturated heterocycles. The SMILES string of the molecule is CCOC1CC(NC(=NC)N2CCC3(CCC3)C2)C12CCC2.I. The molecule has 0 aromatic heterocycles. The first-order valence-corrected chi connectivity index (χ1v) is 9.31. The maximum Gasteiger partial charge on any atom is 0.193 e. The number of nitrogens with zero attached hydrogens (tertiary/aromatic N) is 2. The molecule has 1 N–H and O–H groups in total. The molecule has 4 aliphatic rings. The van der Waals surface area contributed by atoms with E-state index in [4.69, 9.17) is 4.74 Å². The molecule has 1 aliphatic heterocycles. The molecule has 23 heavy (non-hydrogen) atoms. The van der Waals surface area contributed by atoms with Crippen LogP contribution in [0.3, 0.4) is 0 Å². The third kappa shape index (κ3) is 2.79. The average molecular weight is 433 g/mol. The highest BCUT2D eigenvalue weighted by molar-refractivity contribution is 14.0. The van der Waals surface area contributed by atoms with E-state index in [0.29, 0.717) is 23.0 Å². The largest absolute Gasteiger partial charge is 0.378 e. The molecule has 4 fully saturated rings. The first-order valence-electron chi connectivity index (χ1n) is 9.31. The maximum atomic E-state index is 5.97. The fraction of sp³-hybridized carbons (Fsp3) is 0.944. The first-order chi connectivity index (χ1) is 10.7. The monoisotopic (exact) mass is 433 g/mol. The van der Waals surface area contributed by atoms with Crippen molar-refractivity contribution in [2.45, 2.75) is 70.4 Å². The second-order valence-electron chi connectivity index (χ2n) is 8.04. The molecule has 4 rings (SSSR count). The molecule has 3 saturated carbocycles. The lowest BCUT2D eigenvalue weighted by atomic mass is 9.51. The van der Waals surface area contributed by atoms with Crippen LogP contribution in [0, 0.1) is 10.8 Å². The van der Waals surface area contributed by atoms with Crippen molar-refractivity contribution in [1.29, 1.82) is 0 Å². The van der Waals surface area contributed by atoms with E-state index < -0.39 is 0 Å². The molecule has 2 unspecified atom stereocenters. The smallest absolute Gasteiger partial charge is 0.193 e. The van der Waals surface area contributed by atoms with E-state index >= 15 is 0 Å². The van der Waals surface area contributed by atoms with Crippen molar-refractivity contribution >= 4 is 29.9 Å². The average Bonchev–Trinajstić information content (AvgIpc) is 2.85. The number of rotatable bonds is 3. The van der Waals surface area contributed by atoms with Gasteiger partial charge in [0.25, 0.3) is 0 Å². The van der Waals surface area contributed by atoms with Crippen molar-refractivity contribution < 1.29 is 4.74 Å². The maximum absolute atomic E-state index is 5.97. The molecule has 3 aliphatic carbocycles. The highest BCUT2D eigenvalue weighted by Gasteiger charge is 2.59. The zero-order chi connectivity index (χ0) is 15.2. The number of ether oxygens (including phenoxy) is 1. The van der Waals surface area contributed by atoms with Crippen molar-refractivity contribution in [2.24, 2.45) is 15.8 Å². The van der Waals surface area contributed by atoms with Gasteiger partial charge < -0.3 is 15.0 Å². The number of hydrogen-bond acceptors (Lipinski definition) is 2. The Labute approximate surface area is 157 Å². The minimum absolute atomic E-state index is 0. The van der Waals surface area contributed by atoms with Gasteiger partial charge in [-0.1, -0.05) is 12.8 Å². The number of hydrogen-bond donors (Lipinski definition) is 1. The van der Waals surface area contributed by atoms with Gasteiger partial charge in [0.1, 0.15) is 0 Å². The number of halogens is 1. The molecule has 5 heteroatoms. The first kappa shape index (κ1) is 17.8. The lowest BCUT2D eigenvalue weighted by molar-refractivity contribution is -0.168. The van der Waals surface area contributed by atoms with E-state index in [1.807, 2.05) is 7.05 Å². The lowest BCUT2D eigenvalue weighted by Gasteiger charge is -2.61. The van der Waals surface area contributed by atoms with Gasteiger partial charge in [0.2, 0.25) is 0 Å². The lowest BCUT2D eigenvalue weighted by Crippen LogP contribution is -2.68. The summed E-state index contributed by atoms with van der Waals surface area (Å²) in [6, 6.07) is 0.578. The van der Waals surface area contributed by atoms with Gasteiger partial charge >= 0.3 is 0 Å². The molecule has 2 atom stereocenters. The number of likely N-dealkylation sites (tertiary alicyclic amines) is 1. The topological polar surface area (TPSA) is 36.9 Å². The molecular weight excluding hydrogens is 401 g/mol. The third-order valence-electron chi connectivity index (χ3n) is 7.10. The molecule has 0 bridgehead atoms. The van der Waals surface area contributed by atoms with Crippen LogP contribution in [0.15, 0.2) is 4.99 Å². The highest BCUT2D eigenvalue weighted by atomic mass is 127. The van der Waals surface area contributed by atoms with Crippen LogP contribution in [0.1, 0.15) is 58.3 Å². The van der Waals surface area contributed by atoms with Crippen LogP contribution < -0.4 is 5.32 Å². The second kappa shape index (κ2) is 6.70. The summed E-state index contributed by atoms with van der Waals surface area (Å²) in [5, 5.41) is 3.81. The third-order valence-corrected chi connectivity index (χ3v) is 7.10. The minimum atomic E-state index is 0. The molecule has 1 heterocycles. The van der Waals surface area contributed by atoms with E-state index in [0.717, 1.165) is 19.0 Å². The Hall–Kier alpha value is -0.0400. The molecule has 0 amide bonds. The van der Waals surface area contributed by atoms with Gasteiger partial charge in [-0.15, -0.1) is 24.0 Å². The predicted octanol–water partition coefficient (Wildman–Crippen LogP) is 3.40. The molecule has 4 nitrogen and oxygen atoms in total. The van der Waals surface area contributed by atoms with E-state index in [9.17, 15) is 0 Å². The summed E-state index contributed by atoms with van der Waals surface area (Å²) >= 11 is 0. The number of aliphatic imine (C=N–C) groups is 1. The molecular formula is C18H32IN3O. The summed E-state index contributed by atoms with van der Waals surface area (Å²) in [5.41, 5.74) is 1.05. The Morgan fingerprint density at radius 1 is 1.22 bits per heavy atom. The Morgan fingerprint density at radius 3 is 2.43 bits per heavy atom. The second-order valence-corrected chi connectivity index (χ2v) is 8.04. The van der Waals surface area contributed by atoms with E-state index in [1.54, 1.807) is 0 Å². The van der Waals surface area contributed by atoms with Gasteiger partial charge in [0, 0.05) is 38.2 Å². The Balaban J connectivity index is 0.00000156. The summed E-state index contributed by atoms with van der Waals surface area (Å²) < 4.78 is 5.97. The summed E-state index contributed by atoms with van der Waals surface area (Å²) in [4.78, 5) is 7.11. The van der Waals surface area contributed by atoms with E-state index in [-0.39, 0.29) is 24.0 Å². The van der Waals surface area contributed by atoms with Gasteiger partial charge in [0.05, 0.1) is 6.10 Å². The van der Waals surface area contributed by atoms with Gasteiger partial charge in [-0.3, -0.25) is 4.99 Å². The fourth-order valence-electron chi connectivity index (χ4n) is 5.29. The van der Waals surface area contributed by atoms with E-state index in [1.165, 1.54) is 58.0 Å². The van der Waals surface area contributed by atoms with Gasteiger partial charge in [-0.25, -0.2) is 0 Å². The minimum Gasteiger partial charge on any atom is -0.378 e. The molecule has 132 valence electrons. The van der Waals surface area contributed by atoms with Gasteiger partial charge in [0.15, 0.2) is 5.96 Å². The Kier molecular flexibility index (Phi) is 5.17. The summed E-state index contributed by atoms with van der Waals surface area (Å²) in [6.45, 7) is 5.38. The van der Waals surface area contributed by atoms with Crippen LogP contribution in [-0.2, 0) is 4.74 Å². The van der Waals surface area contributed by atoms with Crippen molar-refractivity contribution in [3.05, 3.63) is 0 Å². The zero-order valence-corrected chi connectivity index (χ0v) is 17.0. The van der Waals surface area contributed by atoms with Crippen LogP contribution in [-0.4, -0.2) is 49.7 Å². The molecule has 0 aromatic carbocycles. The molecule has 2 spiro atoms. The van der Waals surface area contributed by atoms with Crippen LogP contribution in [0.2, 0.25) is 0 Å². The van der Waals surface area contributed by atoms with Gasteiger partial charge in [-0.2, -0.15) is 0 Å². The Morgan fingerprint density at radius 2 is 1.96 bits per heavy atom. The van der Waals surface area contributed by atoms with Crippen molar-refractivity contribution in [3.63, 3.8) is 0 Å². The predicted molar refractivity (Wildman–Crippen MR) is 104 cm³/mol. The van der Waals surface area contributed by atoms with Crippen LogP contribution in [0.4, 0.5) is 0 Å². The number of nitrogens with one attached hydrogen (secondary N) is 1. The van der Waals surface area contributed by atoms with Crippen molar-refractivity contribution in [1.82, 2.24) is 10.2 Å². The standard InChI is InChI=1S/C18H31N3O.HI/c1-3-22-15-12-14(18(15)8-5-9-18)20-16(19-2)21-11-10-17(13-21)6-4-7-17;/h14-15H,3-13H2,1-2H3,(H,19,20);1H. The number of guanidine groups is 1. The Bertz CT molecular complexity index is 459. The summed E-state index contributed by atoms with van der Waals surface area (Å²) in [6.07, 6.45) is 11.3. The van der Waals surface area contributed by atoms with Crippen LogP contribution in [0.25, 0.3) is 0 Å². The quantitative estimate of drug-likeness (QED) is 0.421. The normalized spacial score (nSPS) is 33.7. The van der Waals surface area contributed by atoms with E-state index in [2.05, 4.69) is 22.1 Å². The van der Waals surface area contributed by atoms with Crippen LogP contribution >= 0.6 is 24.0 Å². The highest BCUT2D eigenvalue weighted by Crippen LogP contribution is 2.57. The summed E-state index contributed by atoms with van der Waals surface area (Å²) in [7, 11) is 1.94. The van der Waals surface area contributed by atoms with Crippen LogP contribution in [0.5, 0.6) is 0 Å². The summed E-state index contributed by atoms with van der Waals surface area (Å²) in [5.74, 6) is 1.15. The van der Waals surface area contributed by atoms with Gasteiger partial charge in [-0.05, 0) is 50.9 Å². The molecule has 0 aromatic rings. The van der Waals surface area contributed by atoms with Crippen molar-refractivity contribution in [3.8, 4) is 0 Å².